The van der Waals surface area contributed by atoms with Gasteiger partial charge in [0.05, 0.1) is 19.3 Å². The van der Waals surface area contributed by atoms with Gasteiger partial charge < -0.3 is 20.3 Å². The number of nitrogens with zero attached hydrogens (tertiary/aromatic N) is 2. The second-order valence-corrected chi connectivity index (χ2v) is 6.48. The Bertz CT molecular complexity index is 498. The van der Waals surface area contributed by atoms with E-state index < -0.39 is 0 Å². The molecule has 2 N–H and O–H groups in total. The highest BCUT2D eigenvalue weighted by atomic mass is 16.5. The van der Waals surface area contributed by atoms with E-state index in [0.717, 1.165) is 32.8 Å². The van der Waals surface area contributed by atoms with Crippen molar-refractivity contribution >= 4 is 6.03 Å². The SMILES string of the molecule is Cc1ccc(C(CNC(=O)NCCN2CCOCC2)N(C)C)cc1. The fraction of sp³-hybridized carbons (Fsp3) is 0.611. The first kappa shape index (κ1) is 18.7. The number of carbonyl (C=O) groups excluding carboxylic acids is 1. The Balaban J connectivity index is 1.72. The largest absolute Gasteiger partial charge is 0.379 e. The summed E-state index contributed by atoms with van der Waals surface area (Å²) in [6.45, 7) is 7.64. The lowest BCUT2D eigenvalue weighted by molar-refractivity contribution is 0.0387. The van der Waals surface area contributed by atoms with E-state index >= 15 is 0 Å². The van der Waals surface area contributed by atoms with Gasteiger partial charge in [-0.2, -0.15) is 0 Å². The maximum atomic E-state index is 12.0. The van der Waals surface area contributed by atoms with Crippen LogP contribution < -0.4 is 10.6 Å². The molecule has 6 heteroatoms. The normalized spacial score (nSPS) is 16.8. The highest BCUT2D eigenvalue weighted by molar-refractivity contribution is 5.73. The van der Waals surface area contributed by atoms with Crippen LogP contribution in [-0.4, -0.2) is 75.9 Å². The summed E-state index contributed by atoms with van der Waals surface area (Å²) < 4.78 is 5.32. The number of ether oxygens (including phenoxy) is 1. The number of benzene rings is 1. The molecule has 1 unspecified atom stereocenters. The van der Waals surface area contributed by atoms with Crippen molar-refractivity contribution in [2.24, 2.45) is 0 Å². The number of rotatable bonds is 7. The fourth-order valence-electron chi connectivity index (χ4n) is 2.79. The summed E-state index contributed by atoms with van der Waals surface area (Å²) in [6, 6.07) is 8.51. The second kappa shape index (κ2) is 9.61. The third-order valence-electron chi connectivity index (χ3n) is 4.36. The maximum Gasteiger partial charge on any atom is 0.314 e. The number of aryl methyl sites for hydroxylation is 1. The number of nitrogens with one attached hydrogen (secondary N) is 2. The third kappa shape index (κ3) is 6.11. The lowest BCUT2D eigenvalue weighted by Gasteiger charge is -2.27. The van der Waals surface area contributed by atoms with E-state index in [1.54, 1.807) is 0 Å². The van der Waals surface area contributed by atoms with Crippen LogP contribution in [0.25, 0.3) is 0 Å². The number of carbonyl (C=O) groups is 1. The molecule has 1 aromatic rings. The molecule has 0 saturated carbocycles. The van der Waals surface area contributed by atoms with Gasteiger partial charge in [-0.3, -0.25) is 4.90 Å². The predicted molar refractivity (Wildman–Crippen MR) is 96.3 cm³/mol. The zero-order valence-corrected chi connectivity index (χ0v) is 15.0. The van der Waals surface area contributed by atoms with Crippen LogP contribution in [0.3, 0.4) is 0 Å². The summed E-state index contributed by atoms with van der Waals surface area (Å²) in [5.74, 6) is 0. The first-order valence-corrected chi connectivity index (χ1v) is 8.61. The number of urea groups is 1. The predicted octanol–water partition coefficient (Wildman–Crippen LogP) is 1.23. The number of hydrogen-bond donors (Lipinski definition) is 2. The molecule has 1 aliphatic heterocycles. The zero-order chi connectivity index (χ0) is 17.4. The molecule has 2 amide bonds. The number of amides is 2. The van der Waals surface area contributed by atoms with Gasteiger partial charge in [0.15, 0.2) is 0 Å². The molecule has 24 heavy (non-hydrogen) atoms. The minimum absolute atomic E-state index is 0.109. The van der Waals surface area contributed by atoms with Crippen LogP contribution >= 0.6 is 0 Å². The van der Waals surface area contributed by atoms with Crippen LogP contribution in [0.1, 0.15) is 17.2 Å². The van der Waals surface area contributed by atoms with E-state index in [1.807, 2.05) is 14.1 Å². The Kier molecular flexibility index (Phi) is 7.49. The van der Waals surface area contributed by atoms with E-state index in [0.29, 0.717) is 13.1 Å². The molecular weight excluding hydrogens is 304 g/mol. The van der Waals surface area contributed by atoms with Crippen molar-refractivity contribution in [2.75, 3.05) is 60.0 Å². The van der Waals surface area contributed by atoms with Crippen LogP contribution in [-0.2, 0) is 4.74 Å². The van der Waals surface area contributed by atoms with Crippen molar-refractivity contribution in [3.63, 3.8) is 0 Å². The topological polar surface area (TPSA) is 56.8 Å². The van der Waals surface area contributed by atoms with Gasteiger partial charge in [0.2, 0.25) is 0 Å². The first-order valence-electron chi connectivity index (χ1n) is 8.61. The highest BCUT2D eigenvalue weighted by Gasteiger charge is 2.15. The van der Waals surface area contributed by atoms with Gasteiger partial charge >= 0.3 is 6.03 Å². The fourth-order valence-corrected chi connectivity index (χ4v) is 2.79. The first-order chi connectivity index (χ1) is 11.6. The third-order valence-corrected chi connectivity index (χ3v) is 4.36. The van der Waals surface area contributed by atoms with Crippen molar-refractivity contribution in [2.45, 2.75) is 13.0 Å². The highest BCUT2D eigenvalue weighted by Crippen LogP contribution is 2.17. The van der Waals surface area contributed by atoms with E-state index in [4.69, 9.17) is 4.74 Å². The summed E-state index contributed by atoms with van der Waals surface area (Å²) >= 11 is 0. The Morgan fingerprint density at radius 3 is 2.50 bits per heavy atom. The monoisotopic (exact) mass is 334 g/mol. The van der Waals surface area contributed by atoms with Gasteiger partial charge in [0.1, 0.15) is 0 Å². The van der Waals surface area contributed by atoms with Crippen molar-refractivity contribution < 1.29 is 9.53 Å². The number of hydrogen-bond acceptors (Lipinski definition) is 4. The molecule has 1 atom stereocenters. The second-order valence-electron chi connectivity index (χ2n) is 6.48. The maximum absolute atomic E-state index is 12.0. The summed E-state index contributed by atoms with van der Waals surface area (Å²) in [7, 11) is 4.06. The average Bonchev–Trinajstić information content (AvgIpc) is 2.57. The van der Waals surface area contributed by atoms with Gasteiger partial charge in [0.25, 0.3) is 0 Å². The summed E-state index contributed by atoms with van der Waals surface area (Å²) in [5.41, 5.74) is 2.45. The summed E-state index contributed by atoms with van der Waals surface area (Å²) in [4.78, 5) is 16.4. The molecule has 0 aromatic heterocycles. The summed E-state index contributed by atoms with van der Waals surface area (Å²) in [5, 5.41) is 5.91. The Labute approximate surface area is 145 Å². The Morgan fingerprint density at radius 1 is 1.21 bits per heavy atom. The lowest BCUT2D eigenvalue weighted by atomic mass is 10.0. The smallest absolute Gasteiger partial charge is 0.314 e. The van der Waals surface area contributed by atoms with Crippen LogP contribution in [0.15, 0.2) is 24.3 Å². The van der Waals surface area contributed by atoms with E-state index in [2.05, 4.69) is 51.6 Å². The molecule has 1 heterocycles. The number of likely N-dealkylation sites (N-methyl/N-ethyl adjacent to an activating group) is 1. The van der Waals surface area contributed by atoms with Crippen LogP contribution in [0.2, 0.25) is 0 Å². The molecule has 0 spiro atoms. The molecule has 0 bridgehead atoms. The quantitative estimate of drug-likeness (QED) is 0.787. The van der Waals surface area contributed by atoms with Gasteiger partial charge in [-0.15, -0.1) is 0 Å². The van der Waals surface area contributed by atoms with Crippen LogP contribution in [0, 0.1) is 6.92 Å². The Hall–Kier alpha value is -1.63. The summed E-state index contributed by atoms with van der Waals surface area (Å²) in [6.07, 6.45) is 0. The van der Waals surface area contributed by atoms with Crippen molar-refractivity contribution in [1.29, 1.82) is 0 Å². The molecule has 1 saturated heterocycles. The number of morpholine rings is 1. The molecule has 0 aliphatic carbocycles. The Morgan fingerprint density at radius 2 is 1.88 bits per heavy atom. The standard InChI is InChI=1S/C18H30N4O2/c1-15-4-6-16(7-5-15)17(21(2)3)14-20-18(23)19-8-9-22-10-12-24-13-11-22/h4-7,17H,8-14H2,1-3H3,(H2,19,20,23). The molecule has 0 radical (unpaired) electrons. The van der Waals surface area contributed by atoms with Crippen molar-refractivity contribution in [1.82, 2.24) is 20.4 Å². The molecule has 1 fully saturated rings. The van der Waals surface area contributed by atoms with E-state index in [1.165, 1.54) is 11.1 Å². The average molecular weight is 334 g/mol. The molecule has 1 aliphatic rings. The van der Waals surface area contributed by atoms with Gasteiger partial charge in [-0.05, 0) is 26.6 Å². The minimum Gasteiger partial charge on any atom is -0.379 e. The van der Waals surface area contributed by atoms with Crippen LogP contribution in [0.5, 0.6) is 0 Å². The molecule has 134 valence electrons. The van der Waals surface area contributed by atoms with Gasteiger partial charge in [-0.1, -0.05) is 29.8 Å². The van der Waals surface area contributed by atoms with Crippen molar-refractivity contribution in [3.05, 3.63) is 35.4 Å². The minimum atomic E-state index is -0.109. The van der Waals surface area contributed by atoms with E-state index in [9.17, 15) is 4.79 Å². The molecular formula is C18H30N4O2. The zero-order valence-electron chi connectivity index (χ0n) is 15.0. The molecule has 6 nitrogen and oxygen atoms in total. The van der Waals surface area contributed by atoms with Gasteiger partial charge in [0, 0.05) is 32.7 Å². The van der Waals surface area contributed by atoms with Crippen LogP contribution in [0.4, 0.5) is 4.79 Å². The lowest BCUT2D eigenvalue weighted by Crippen LogP contribution is -2.45. The van der Waals surface area contributed by atoms with Gasteiger partial charge in [-0.25, -0.2) is 4.79 Å². The molecule has 1 aromatic carbocycles. The van der Waals surface area contributed by atoms with Crippen molar-refractivity contribution in [3.8, 4) is 0 Å². The molecule has 2 rings (SSSR count). The van der Waals surface area contributed by atoms with E-state index in [-0.39, 0.29) is 12.1 Å².